The second-order valence-corrected chi connectivity index (χ2v) is 5.59. The zero-order valence-electron chi connectivity index (χ0n) is 12.0. The van der Waals surface area contributed by atoms with Gasteiger partial charge >= 0.3 is 0 Å². The third-order valence-electron chi connectivity index (χ3n) is 4.09. The molecule has 3 rings (SSSR count). The number of nitrogens with zero attached hydrogens (tertiary/aromatic N) is 1. The summed E-state index contributed by atoms with van der Waals surface area (Å²) in [5, 5.41) is 3.44. The molecule has 0 saturated carbocycles. The Balaban J connectivity index is 1.70. The van der Waals surface area contributed by atoms with Crippen molar-refractivity contribution in [1.82, 2.24) is 10.2 Å². The Labute approximate surface area is 121 Å². The molecule has 0 amide bonds. The largest absolute Gasteiger partial charge is 0.314 e. The van der Waals surface area contributed by atoms with E-state index < -0.39 is 0 Å². The van der Waals surface area contributed by atoms with E-state index in [4.69, 9.17) is 0 Å². The van der Waals surface area contributed by atoms with Gasteiger partial charge in [0.2, 0.25) is 0 Å². The first-order valence-corrected chi connectivity index (χ1v) is 7.42. The molecular formula is C18H22N2. The van der Waals surface area contributed by atoms with Crippen LogP contribution in [0.4, 0.5) is 0 Å². The van der Waals surface area contributed by atoms with E-state index in [2.05, 4.69) is 71.7 Å². The van der Waals surface area contributed by atoms with Gasteiger partial charge < -0.3 is 5.32 Å². The van der Waals surface area contributed by atoms with Crippen LogP contribution in [0.5, 0.6) is 0 Å². The van der Waals surface area contributed by atoms with Crippen LogP contribution in [0.1, 0.15) is 12.5 Å². The fraction of sp³-hybridized carbons (Fsp3) is 0.333. The topological polar surface area (TPSA) is 15.3 Å². The lowest BCUT2D eigenvalue weighted by Gasteiger charge is -2.33. The van der Waals surface area contributed by atoms with E-state index in [1.807, 2.05) is 0 Å². The summed E-state index contributed by atoms with van der Waals surface area (Å²) in [7, 11) is 0. The molecule has 2 heteroatoms. The maximum atomic E-state index is 3.44. The molecule has 1 aliphatic heterocycles. The van der Waals surface area contributed by atoms with Gasteiger partial charge in [-0.1, -0.05) is 54.6 Å². The van der Waals surface area contributed by atoms with Gasteiger partial charge in [-0.05, 0) is 23.6 Å². The molecule has 0 radical (unpaired) electrons. The molecule has 1 aliphatic rings. The second-order valence-electron chi connectivity index (χ2n) is 5.59. The van der Waals surface area contributed by atoms with E-state index in [9.17, 15) is 0 Å². The maximum Gasteiger partial charge on any atom is 0.0237 e. The molecule has 104 valence electrons. The Bertz CT molecular complexity index is 533. The van der Waals surface area contributed by atoms with Gasteiger partial charge in [0.15, 0.2) is 0 Å². The van der Waals surface area contributed by atoms with Crippen LogP contribution in [0.2, 0.25) is 0 Å². The van der Waals surface area contributed by atoms with Crippen molar-refractivity contribution in [2.45, 2.75) is 19.5 Å². The zero-order chi connectivity index (χ0) is 13.8. The third-order valence-corrected chi connectivity index (χ3v) is 4.09. The average molecular weight is 266 g/mol. The van der Waals surface area contributed by atoms with E-state index in [1.54, 1.807) is 0 Å². The lowest BCUT2D eigenvalue weighted by atomic mass is 10.0. The minimum Gasteiger partial charge on any atom is -0.314 e. The number of hydrogen-bond donors (Lipinski definition) is 1. The minimum absolute atomic E-state index is 0.623. The van der Waals surface area contributed by atoms with Crippen molar-refractivity contribution < 1.29 is 0 Å². The van der Waals surface area contributed by atoms with E-state index in [-0.39, 0.29) is 0 Å². The van der Waals surface area contributed by atoms with Crippen LogP contribution in [0.15, 0.2) is 54.6 Å². The molecule has 2 nitrogen and oxygen atoms in total. The Morgan fingerprint density at radius 2 is 1.70 bits per heavy atom. The first kappa shape index (κ1) is 13.3. The Morgan fingerprint density at radius 1 is 1.00 bits per heavy atom. The van der Waals surface area contributed by atoms with Crippen molar-refractivity contribution in [3.63, 3.8) is 0 Å². The highest BCUT2D eigenvalue weighted by molar-refractivity contribution is 5.63. The van der Waals surface area contributed by atoms with Crippen LogP contribution < -0.4 is 5.32 Å². The molecule has 1 saturated heterocycles. The summed E-state index contributed by atoms with van der Waals surface area (Å²) in [5.74, 6) is 0. The maximum absolute atomic E-state index is 3.44. The lowest BCUT2D eigenvalue weighted by molar-refractivity contribution is 0.165. The molecule has 2 aromatic rings. The van der Waals surface area contributed by atoms with Gasteiger partial charge in [0.25, 0.3) is 0 Å². The predicted octanol–water partition coefficient (Wildman–Crippen LogP) is 3.15. The summed E-state index contributed by atoms with van der Waals surface area (Å²) >= 11 is 0. The van der Waals surface area contributed by atoms with E-state index in [1.165, 1.54) is 16.7 Å². The Kier molecular flexibility index (Phi) is 4.14. The van der Waals surface area contributed by atoms with Gasteiger partial charge in [-0.3, -0.25) is 4.90 Å². The van der Waals surface area contributed by atoms with Gasteiger partial charge in [-0.2, -0.15) is 0 Å². The number of rotatable bonds is 3. The summed E-state index contributed by atoms with van der Waals surface area (Å²) < 4.78 is 0. The molecule has 0 unspecified atom stereocenters. The Hall–Kier alpha value is -1.64. The van der Waals surface area contributed by atoms with Crippen LogP contribution in [0.25, 0.3) is 11.1 Å². The SMILES string of the molecule is C[C@@H]1CNCCN1Cc1ccc(-c2ccccc2)cc1. The van der Waals surface area contributed by atoms with Crippen molar-refractivity contribution in [2.75, 3.05) is 19.6 Å². The van der Waals surface area contributed by atoms with Crippen molar-refractivity contribution in [2.24, 2.45) is 0 Å². The van der Waals surface area contributed by atoms with E-state index in [0.29, 0.717) is 6.04 Å². The molecule has 0 spiro atoms. The van der Waals surface area contributed by atoms with Crippen LogP contribution in [-0.2, 0) is 6.54 Å². The molecule has 2 aromatic carbocycles. The summed E-state index contributed by atoms with van der Waals surface area (Å²) in [4.78, 5) is 2.55. The van der Waals surface area contributed by atoms with Crippen LogP contribution in [0, 0.1) is 0 Å². The molecule has 0 aliphatic carbocycles. The molecule has 0 aromatic heterocycles. The van der Waals surface area contributed by atoms with Crippen molar-refractivity contribution in [3.8, 4) is 11.1 Å². The number of nitrogens with one attached hydrogen (secondary N) is 1. The normalized spacial score (nSPS) is 19.9. The summed E-state index contributed by atoms with van der Waals surface area (Å²) in [6.45, 7) is 6.69. The smallest absolute Gasteiger partial charge is 0.0237 e. The monoisotopic (exact) mass is 266 g/mol. The highest BCUT2D eigenvalue weighted by Crippen LogP contribution is 2.20. The molecule has 1 heterocycles. The van der Waals surface area contributed by atoms with E-state index in [0.717, 1.165) is 26.2 Å². The second kappa shape index (κ2) is 6.21. The summed E-state index contributed by atoms with van der Waals surface area (Å²) in [6, 6.07) is 20.2. The summed E-state index contributed by atoms with van der Waals surface area (Å²) in [6.07, 6.45) is 0. The van der Waals surface area contributed by atoms with Crippen LogP contribution in [0.3, 0.4) is 0 Å². The molecule has 0 bridgehead atoms. The number of piperazine rings is 1. The highest BCUT2D eigenvalue weighted by Gasteiger charge is 2.17. The fourth-order valence-corrected chi connectivity index (χ4v) is 2.79. The van der Waals surface area contributed by atoms with Crippen molar-refractivity contribution in [1.29, 1.82) is 0 Å². The quantitative estimate of drug-likeness (QED) is 0.918. The van der Waals surface area contributed by atoms with Gasteiger partial charge in [0.1, 0.15) is 0 Å². The number of benzene rings is 2. The summed E-state index contributed by atoms with van der Waals surface area (Å²) in [5.41, 5.74) is 3.98. The lowest BCUT2D eigenvalue weighted by Crippen LogP contribution is -2.49. The van der Waals surface area contributed by atoms with Crippen molar-refractivity contribution >= 4 is 0 Å². The first-order valence-electron chi connectivity index (χ1n) is 7.42. The third kappa shape index (κ3) is 3.09. The van der Waals surface area contributed by atoms with Gasteiger partial charge in [0, 0.05) is 32.2 Å². The van der Waals surface area contributed by atoms with Gasteiger partial charge in [-0.15, -0.1) is 0 Å². The standard InChI is InChI=1S/C18H22N2/c1-15-13-19-11-12-20(15)14-16-7-9-18(10-8-16)17-5-3-2-4-6-17/h2-10,15,19H,11-14H2,1H3/t15-/m1/s1. The van der Waals surface area contributed by atoms with Crippen molar-refractivity contribution in [3.05, 3.63) is 60.2 Å². The fourth-order valence-electron chi connectivity index (χ4n) is 2.79. The average Bonchev–Trinajstić information content (AvgIpc) is 2.51. The zero-order valence-corrected chi connectivity index (χ0v) is 12.0. The first-order chi connectivity index (χ1) is 9.83. The highest BCUT2D eigenvalue weighted by atomic mass is 15.2. The molecular weight excluding hydrogens is 244 g/mol. The number of hydrogen-bond acceptors (Lipinski definition) is 2. The minimum atomic E-state index is 0.623. The molecule has 20 heavy (non-hydrogen) atoms. The van der Waals surface area contributed by atoms with Crippen LogP contribution in [-0.4, -0.2) is 30.6 Å². The molecule has 1 fully saturated rings. The van der Waals surface area contributed by atoms with Crippen LogP contribution >= 0.6 is 0 Å². The predicted molar refractivity (Wildman–Crippen MR) is 84.6 cm³/mol. The van der Waals surface area contributed by atoms with Gasteiger partial charge in [-0.25, -0.2) is 0 Å². The van der Waals surface area contributed by atoms with Gasteiger partial charge in [0.05, 0.1) is 0 Å². The Morgan fingerprint density at radius 3 is 2.40 bits per heavy atom. The van der Waals surface area contributed by atoms with E-state index >= 15 is 0 Å². The molecule has 1 N–H and O–H groups in total. The molecule has 1 atom stereocenters.